The van der Waals surface area contributed by atoms with E-state index in [4.69, 9.17) is 4.74 Å². The van der Waals surface area contributed by atoms with E-state index in [2.05, 4.69) is 24.4 Å². The molecule has 1 aliphatic rings. The maximum absolute atomic E-state index is 12.6. The molecule has 4 heteroatoms. The van der Waals surface area contributed by atoms with Crippen molar-refractivity contribution in [3.8, 4) is 5.75 Å². The van der Waals surface area contributed by atoms with E-state index in [-0.39, 0.29) is 6.04 Å². The first kappa shape index (κ1) is 16.5. The molecule has 118 valence electrons. The molecule has 1 N–H and O–H groups in total. The lowest BCUT2D eigenvalue weighted by atomic mass is 10.0. The fourth-order valence-electron chi connectivity index (χ4n) is 2.98. The summed E-state index contributed by atoms with van der Waals surface area (Å²) in [6.07, 6.45) is 6.06. The summed E-state index contributed by atoms with van der Waals surface area (Å²) in [6, 6.07) is 8.27. The van der Waals surface area contributed by atoms with Gasteiger partial charge in [-0.25, -0.2) is 0 Å². The van der Waals surface area contributed by atoms with Crippen molar-refractivity contribution in [3.05, 3.63) is 29.8 Å². The highest BCUT2D eigenvalue weighted by atomic mass is 32.2. The van der Waals surface area contributed by atoms with Gasteiger partial charge in [-0.2, -0.15) is 0 Å². The van der Waals surface area contributed by atoms with Crippen LogP contribution in [0.3, 0.4) is 0 Å². The van der Waals surface area contributed by atoms with Crippen LogP contribution in [-0.2, 0) is 10.8 Å². The van der Waals surface area contributed by atoms with Crippen molar-refractivity contribution in [2.24, 2.45) is 0 Å². The number of rotatable bonds is 7. The zero-order chi connectivity index (χ0) is 15.1. The van der Waals surface area contributed by atoms with Crippen LogP contribution in [0.2, 0.25) is 0 Å². The molecule has 2 unspecified atom stereocenters. The van der Waals surface area contributed by atoms with Crippen molar-refractivity contribution < 1.29 is 8.95 Å². The van der Waals surface area contributed by atoms with Crippen molar-refractivity contribution in [1.29, 1.82) is 0 Å². The number of hydrogen-bond donors (Lipinski definition) is 1. The van der Waals surface area contributed by atoms with Crippen LogP contribution >= 0.6 is 0 Å². The summed E-state index contributed by atoms with van der Waals surface area (Å²) in [5, 5.41) is 3.87. The Morgan fingerprint density at radius 3 is 2.48 bits per heavy atom. The topological polar surface area (TPSA) is 38.3 Å². The summed E-state index contributed by atoms with van der Waals surface area (Å²) in [5.74, 6) is 1.58. The first-order valence-electron chi connectivity index (χ1n) is 7.99. The van der Waals surface area contributed by atoms with E-state index >= 15 is 0 Å². The van der Waals surface area contributed by atoms with Crippen molar-refractivity contribution >= 4 is 10.8 Å². The van der Waals surface area contributed by atoms with Crippen LogP contribution in [0.15, 0.2) is 24.3 Å². The third-order valence-electron chi connectivity index (χ3n) is 4.22. The average molecular weight is 309 g/mol. The summed E-state index contributed by atoms with van der Waals surface area (Å²) >= 11 is 0. The minimum atomic E-state index is -0.739. The molecule has 2 rings (SSSR count). The molecule has 0 saturated heterocycles. The van der Waals surface area contributed by atoms with Gasteiger partial charge < -0.3 is 10.1 Å². The lowest BCUT2D eigenvalue weighted by molar-refractivity contribution is 0.414. The fraction of sp³-hybridized carbons (Fsp3) is 0.647. The molecule has 0 amide bonds. The largest absolute Gasteiger partial charge is 0.497 e. The van der Waals surface area contributed by atoms with Crippen LogP contribution in [0.25, 0.3) is 0 Å². The predicted octanol–water partition coefficient (Wildman–Crippen LogP) is 3.43. The van der Waals surface area contributed by atoms with Gasteiger partial charge in [0.25, 0.3) is 0 Å². The van der Waals surface area contributed by atoms with Crippen molar-refractivity contribution in [3.63, 3.8) is 0 Å². The minimum absolute atomic E-state index is 0.170. The monoisotopic (exact) mass is 309 g/mol. The molecule has 1 aromatic rings. The number of hydrogen-bond acceptors (Lipinski definition) is 3. The molecule has 1 aliphatic carbocycles. The maximum atomic E-state index is 12.6. The molecule has 21 heavy (non-hydrogen) atoms. The van der Waals surface area contributed by atoms with Gasteiger partial charge in [0, 0.05) is 27.8 Å². The second-order valence-corrected chi connectivity index (χ2v) is 7.45. The molecule has 0 spiro atoms. The third kappa shape index (κ3) is 4.82. The lowest BCUT2D eigenvalue weighted by Crippen LogP contribution is -2.30. The number of ether oxygens (including phenoxy) is 1. The summed E-state index contributed by atoms with van der Waals surface area (Å²) in [6.45, 7) is 2.98. The highest BCUT2D eigenvalue weighted by molar-refractivity contribution is 7.85. The van der Waals surface area contributed by atoms with Gasteiger partial charge in [0.2, 0.25) is 0 Å². The molecular formula is C17H27NO2S. The normalized spacial score (nSPS) is 19.1. The Morgan fingerprint density at radius 2 is 1.90 bits per heavy atom. The molecule has 0 aliphatic heterocycles. The molecule has 0 heterocycles. The van der Waals surface area contributed by atoms with Gasteiger partial charge in [-0.1, -0.05) is 38.3 Å². The standard InChI is InChI=1S/C17H27NO2S/c1-3-18-17(14-9-11-15(20-2)12-10-14)13-21(19)16-7-5-4-6-8-16/h9-12,16-18H,3-8,13H2,1-2H3. The maximum Gasteiger partial charge on any atom is 0.118 e. The summed E-state index contributed by atoms with van der Waals surface area (Å²) < 4.78 is 17.8. The Hall–Kier alpha value is -0.870. The third-order valence-corrected chi connectivity index (χ3v) is 6.10. The van der Waals surface area contributed by atoms with Crippen molar-refractivity contribution in [2.75, 3.05) is 19.4 Å². The van der Waals surface area contributed by atoms with Crippen LogP contribution < -0.4 is 10.1 Å². The van der Waals surface area contributed by atoms with Crippen molar-refractivity contribution in [2.45, 2.75) is 50.3 Å². The molecule has 1 saturated carbocycles. The number of nitrogens with one attached hydrogen (secondary N) is 1. The van der Waals surface area contributed by atoms with E-state index in [1.807, 2.05) is 12.1 Å². The average Bonchev–Trinajstić information content (AvgIpc) is 2.55. The van der Waals surface area contributed by atoms with Crippen LogP contribution in [0.1, 0.15) is 50.6 Å². The molecule has 3 nitrogen and oxygen atoms in total. The predicted molar refractivity (Wildman–Crippen MR) is 89.3 cm³/mol. The quantitative estimate of drug-likeness (QED) is 0.838. The van der Waals surface area contributed by atoms with Crippen molar-refractivity contribution in [1.82, 2.24) is 5.32 Å². The SMILES string of the molecule is CCNC(CS(=O)C1CCCCC1)c1ccc(OC)cc1. The highest BCUT2D eigenvalue weighted by Gasteiger charge is 2.23. The lowest BCUT2D eigenvalue weighted by Gasteiger charge is -2.24. The fourth-order valence-corrected chi connectivity index (χ4v) is 4.75. The Balaban J connectivity index is 2.01. The van der Waals surface area contributed by atoms with Gasteiger partial charge in [0.1, 0.15) is 5.75 Å². The van der Waals surface area contributed by atoms with Gasteiger partial charge in [0.15, 0.2) is 0 Å². The van der Waals surface area contributed by atoms with Gasteiger partial charge in [-0.3, -0.25) is 4.21 Å². The molecule has 0 aromatic heterocycles. The second-order valence-electron chi connectivity index (χ2n) is 5.69. The summed E-state index contributed by atoms with van der Waals surface area (Å²) in [7, 11) is 0.936. The molecule has 0 radical (unpaired) electrons. The smallest absolute Gasteiger partial charge is 0.118 e. The minimum Gasteiger partial charge on any atom is -0.497 e. The zero-order valence-corrected chi connectivity index (χ0v) is 14.0. The van der Waals surface area contributed by atoms with Crippen LogP contribution in [-0.4, -0.2) is 28.9 Å². The van der Waals surface area contributed by atoms with E-state index < -0.39 is 10.8 Å². The van der Waals surface area contributed by atoms with Gasteiger partial charge in [-0.15, -0.1) is 0 Å². The van der Waals surface area contributed by atoms with Gasteiger partial charge in [-0.05, 0) is 37.1 Å². The van der Waals surface area contributed by atoms with E-state index in [1.54, 1.807) is 7.11 Å². The highest BCUT2D eigenvalue weighted by Crippen LogP contribution is 2.25. The van der Waals surface area contributed by atoms with E-state index in [0.29, 0.717) is 11.0 Å². The first-order chi connectivity index (χ1) is 10.2. The number of methoxy groups -OCH3 is 1. The molecule has 1 fully saturated rings. The van der Waals surface area contributed by atoms with E-state index in [9.17, 15) is 4.21 Å². The molecule has 2 atom stereocenters. The van der Waals surface area contributed by atoms with Crippen LogP contribution in [0.4, 0.5) is 0 Å². The van der Waals surface area contributed by atoms with Crippen LogP contribution in [0.5, 0.6) is 5.75 Å². The molecular weight excluding hydrogens is 282 g/mol. The second kappa shape index (κ2) is 8.54. The van der Waals surface area contributed by atoms with Gasteiger partial charge in [0.05, 0.1) is 7.11 Å². The van der Waals surface area contributed by atoms with E-state index in [0.717, 1.165) is 25.1 Å². The summed E-state index contributed by atoms with van der Waals surface area (Å²) in [4.78, 5) is 0. The Bertz CT molecular complexity index is 441. The van der Waals surface area contributed by atoms with Gasteiger partial charge >= 0.3 is 0 Å². The Morgan fingerprint density at radius 1 is 1.24 bits per heavy atom. The molecule has 1 aromatic carbocycles. The first-order valence-corrected chi connectivity index (χ1v) is 9.37. The van der Waals surface area contributed by atoms with Crippen LogP contribution in [0, 0.1) is 0 Å². The Labute approximate surface area is 130 Å². The van der Waals surface area contributed by atoms with E-state index in [1.165, 1.54) is 24.8 Å². The number of benzene rings is 1. The zero-order valence-electron chi connectivity index (χ0n) is 13.1. The Kier molecular flexibility index (Phi) is 6.71. The summed E-state index contributed by atoms with van der Waals surface area (Å²) in [5.41, 5.74) is 1.20. The molecule has 0 bridgehead atoms.